The molecule has 0 atom stereocenters. The van der Waals surface area contributed by atoms with Crippen molar-refractivity contribution in [2.45, 2.75) is 33.6 Å². The van der Waals surface area contributed by atoms with Crippen LogP contribution in [0, 0.1) is 11.3 Å². The summed E-state index contributed by atoms with van der Waals surface area (Å²) in [4.78, 5) is 31.1. The molecule has 1 saturated carbocycles. The summed E-state index contributed by atoms with van der Waals surface area (Å²) in [6, 6.07) is 3.41. The Morgan fingerprint density at radius 2 is 1.96 bits per heavy atom. The Balaban J connectivity index is 0.000000203. The van der Waals surface area contributed by atoms with Crippen molar-refractivity contribution in [2.24, 2.45) is 11.3 Å². The van der Waals surface area contributed by atoms with Crippen molar-refractivity contribution in [3.05, 3.63) is 51.6 Å². The zero-order chi connectivity index (χ0) is 17.3. The second-order valence-electron chi connectivity index (χ2n) is 7.07. The molecule has 0 aliphatic heterocycles. The molecule has 0 radical (unpaired) electrons. The van der Waals surface area contributed by atoms with E-state index >= 15 is 0 Å². The van der Waals surface area contributed by atoms with Crippen LogP contribution in [0.5, 0.6) is 0 Å². The van der Waals surface area contributed by atoms with Crippen LogP contribution in [0.2, 0.25) is 0 Å². The molecule has 3 aromatic heterocycles. The lowest BCUT2D eigenvalue weighted by molar-refractivity contribution is 0.351. The first-order valence-electron chi connectivity index (χ1n) is 7.97. The van der Waals surface area contributed by atoms with Gasteiger partial charge in [0, 0.05) is 18.6 Å². The number of rotatable bonds is 1. The molecule has 0 amide bonds. The van der Waals surface area contributed by atoms with E-state index in [1.54, 1.807) is 29.0 Å². The Morgan fingerprint density at radius 1 is 1.21 bits per heavy atom. The molecule has 3 heterocycles. The summed E-state index contributed by atoms with van der Waals surface area (Å²) in [5.74, 6) is 1.05. The second kappa shape index (κ2) is 6.07. The number of hydrogen-bond acceptors (Lipinski definition) is 4. The number of nitrogens with one attached hydrogen (secondary N) is 2. The fourth-order valence-electron chi connectivity index (χ4n) is 2.51. The van der Waals surface area contributed by atoms with Crippen molar-refractivity contribution in [3.8, 4) is 11.3 Å². The fraction of sp³-hybridized carbons (Fsp3) is 0.412. The summed E-state index contributed by atoms with van der Waals surface area (Å²) in [5.41, 5.74) is 1.06. The molecule has 1 fully saturated rings. The van der Waals surface area contributed by atoms with E-state index in [1.165, 1.54) is 19.0 Å². The number of aromatic nitrogens is 5. The van der Waals surface area contributed by atoms with E-state index in [1.807, 2.05) is 0 Å². The van der Waals surface area contributed by atoms with Gasteiger partial charge in [0.25, 0.3) is 5.56 Å². The van der Waals surface area contributed by atoms with Crippen molar-refractivity contribution < 1.29 is 0 Å². The minimum Gasteiger partial charge on any atom is -0.313 e. The van der Waals surface area contributed by atoms with Gasteiger partial charge in [-0.05, 0) is 36.3 Å². The maximum absolute atomic E-state index is 11.6. The van der Waals surface area contributed by atoms with Crippen LogP contribution in [-0.2, 0) is 0 Å². The van der Waals surface area contributed by atoms with Gasteiger partial charge >= 0.3 is 5.69 Å². The molecule has 1 aliphatic rings. The molecule has 24 heavy (non-hydrogen) atoms. The van der Waals surface area contributed by atoms with Crippen LogP contribution in [-0.4, -0.2) is 24.6 Å². The minimum atomic E-state index is -0.539. The largest absolute Gasteiger partial charge is 0.325 e. The molecule has 0 spiro atoms. The van der Waals surface area contributed by atoms with Gasteiger partial charge in [0.1, 0.15) is 0 Å². The maximum atomic E-state index is 11.6. The molecule has 4 rings (SSSR count). The van der Waals surface area contributed by atoms with E-state index in [4.69, 9.17) is 0 Å². The zero-order valence-corrected chi connectivity index (χ0v) is 14.0. The van der Waals surface area contributed by atoms with Gasteiger partial charge < -0.3 is 4.98 Å². The van der Waals surface area contributed by atoms with Crippen LogP contribution in [0.25, 0.3) is 16.9 Å². The molecule has 126 valence electrons. The smallest absolute Gasteiger partial charge is 0.313 e. The lowest BCUT2D eigenvalue weighted by Gasteiger charge is -2.15. The van der Waals surface area contributed by atoms with E-state index < -0.39 is 11.2 Å². The van der Waals surface area contributed by atoms with Gasteiger partial charge in [0.15, 0.2) is 5.65 Å². The summed E-state index contributed by atoms with van der Waals surface area (Å²) >= 11 is 0. The van der Waals surface area contributed by atoms with E-state index in [9.17, 15) is 9.59 Å². The maximum Gasteiger partial charge on any atom is 0.325 e. The quantitative estimate of drug-likeness (QED) is 0.716. The van der Waals surface area contributed by atoms with Gasteiger partial charge in [0.05, 0.1) is 11.3 Å². The van der Waals surface area contributed by atoms with Gasteiger partial charge in [-0.3, -0.25) is 9.78 Å². The molecule has 7 heteroatoms. The van der Waals surface area contributed by atoms with E-state index in [2.05, 4.69) is 40.8 Å². The monoisotopic (exact) mass is 327 g/mol. The van der Waals surface area contributed by atoms with Crippen LogP contribution >= 0.6 is 0 Å². The van der Waals surface area contributed by atoms with E-state index in [0.717, 1.165) is 5.92 Å². The molecule has 0 bridgehead atoms. The van der Waals surface area contributed by atoms with E-state index in [-0.39, 0.29) is 0 Å². The fourth-order valence-corrected chi connectivity index (χ4v) is 2.51. The van der Waals surface area contributed by atoms with Crippen molar-refractivity contribution >= 4 is 5.65 Å². The van der Waals surface area contributed by atoms with E-state index in [0.29, 0.717) is 22.3 Å². The average molecular weight is 327 g/mol. The predicted octanol–water partition coefficient (Wildman–Crippen LogP) is 2.22. The zero-order valence-electron chi connectivity index (χ0n) is 14.0. The lowest BCUT2D eigenvalue weighted by Crippen LogP contribution is -2.22. The molecule has 0 aromatic carbocycles. The molecule has 3 aromatic rings. The Bertz CT molecular complexity index is 957. The van der Waals surface area contributed by atoms with Crippen LogP contribution in [0.1, 0.15) is 33.6 Å². The van der Waals surface area contributed by atoms with Gasteiger partial charge in [-0.15, -0.1) is 0 Å². The SMILES string of the molecule is CC(C)(C)C1CC1.O=c1[nH]cc(-c2ccc3nccn3n2)c(=O)[nH]1. The van der Waals surface area contributed by atoms with Crippen molar-refractivity contribution in [3.63, 3.8) is 0 Å². The summed E-state index contributed by atoms with van der Waals surface area (Å²) in [5, 5.41) is 4.21. The molecule has 0 unspecified atom stereocenters. The minimum absolute atomic E-state index is 0.306. The Labute approximate surface area is 138 Å². The molecular weight excluding hydrogens is 306 g/mol. The molecule has 0 saturated heterocycles. The first-order valence-corrected chi connectivity index (χ1v) is 7.97. The topological polar surface area (TPSA) is 95.9 Å². The molecular formula is C17H21N5O2. The average Bonchev–Trinajstić information content (AvgIpc) is 3.27. The van der Waals surface area contributed by atoms with Crippen molar-refractivity contribution in [1.82, 2.24) is 24.6 Å². The molecule has 7 nitrogen and oxygen atoms in total. The number of aromatic amines is 2. The predicted molar refractivity (Wildman–Crippen MR) is 91.8 cm³/mol. The Hall–Kier alpha value is -2.70. The standard InChI is InChI=1S/C10H7N5O2.C7H14/c16-9-6(5-12-10(17)13-9)7-1-2-8-11-3-4-15(8)14-7;1-7(2,3)6-4-5-6/h1-5H,(H2,12,13,16,17);6H,4-5H2,1-3H3. The highest BCUT2D eigenvalue weighted by Gasteiger charge is 2.33. The van der Waals surface area contributed by atoms with Gasteiger partial charge in [0.2, 0.25) is 0 Å². The first-order chi connectivity index (χ1) is 11.3. The first kappa shape index (κ1) is 16.2. The van der Waals surface area contributed by atoms with Crippen molar-refractivity contribution in [1.29, 1.82) is 0 Å². The summed E-state index contributed by atoms with van der Waals surface area (Å²) in [7, 11) is 0. The normalized spacial score (nSPS) is 14.3. The summed E-state index contributed by atoms with van der Waals surface area (Å²) < 4.78 is 1.56. The number of nitrogens with zero attached hydrogens (tertiary/aromatic N) is 3. The summed E-state index contributed by atoms with van der Waals surface area (Å²) in [6.45, 7) is 6.97. The number of imidazole rings is 1. The second-order valence-corrected chi connectivity index (χ2v) is 7.07. The van der Waals surface area contributed by atoms with Crippen LogP contribution in [0.4, 0.5) is 0 Å². The molecule has 2 N–H and O–H groups in total. The van der Waals surface area contributed by atoms with Gasteiger partial charge in [-0.25, -0.2) is 14.3 Å². The highest BCUT2D eigenvalue weighted by molar-refractivity contribution is 5.57. The highest BCUT2D eigenvalue weighted by Crippen LogP contribution is 2.44. The summed E-state index contributed by atoms with van der Waals surface area (Å²) in [6.07, 6.45) is 7.58. The Morgan fingerprint density at radius 3 is 2.54 bits per heavy atom. The highest BCUT2D eigenvalue weighted by atomic mass is 16.2. The molecule has 1 aliphatic carbocycles. The van der Waals surface area contributed by atoms with Crippen molar-refractivity contribution in [2.75, 3.05) is 0 Å². The van der Waals surface area contributed by atoms with Crippen LogP contribution in [0.15, 0.2) is 40.3 Å². The lowest BCUT2D eigenvalue weighted by atomic mass is 9.91. The van der Waals surface area contributed by atoms with Gasteiger partial charge in [-0.2, -0.15) is 5.10 Å². The van der Waals surface area contributed by atoms with Crippen LogP contribution in [0.3, 0.4) is 0 Å². The number of hydrogen-bond donors (Lipinski definition) is 2. The number of H-pyrrole nitrogens is 2. The van der Waals surface area contributed by atoms with Crippen LogP contribution < -0.4 is 11.2 Å². The Kier molecular flexibility index (Phi) is 4.09. The van der Waals surface area contributed by atoms with Gasteiger partial charge in [-0.1, -0.05) is 20.8 Å². The number of fused-ring (bicyclic) bond motifs is 1. The third-order valence-electron chi connectivity index (χ3n) is 4.15. The third-order valence-corrected chi connectivity index (χ3v) is 4.15. The third kappa shape index (κ3) is 3.61.